The zero-order valence-corrected chi connectivity index (χ0v) is 17.3. The smallest absolute Gasteiger partial charge is 0.276 e. The summed E-state index contributed by atoms with van der Waals surface area (Å²) in [6.45, 7) is 2.06. The summed E-state index contributed by atoms with van der Waals surface area (Å²) >= 11 is 0. The molecule has 0 radical (unpaired) electrons. The van der Waals surface area contributed by atoms with Crippen LogP contribution in [0.25, 0.3) is 11.6 Å². The number of hydrogen-bond acceptors (Lipinski definition) is 7. The highest BCUT2D eigenvalue weighted by Gasteiger charge is 2.53. The first-order chi connectivity index (χ1) is 15.0. The fourth-order valence-electron chi connectivity index (χ4n) is 4.64. The van der Waals surface area contributed by atoms with Crippen molar-refractivity contribution < 1.29 is 18.4 Å². The van der Waals surface area contributed by atoms with E-state index in [1.807, 2.05) is 25.2 Å². The Kier molecular flexibility index (Phi) is 4.70. The third kappa shape index (κ3) is 3.44. The lowest BCUT2D eigenvalue weighted by molar-refractivity contribution is 0.0115. The average Bonchev–Trinajstić information content (AvgIpc) is 3.37. The third-order valence-electron chi connectivity index (χ3n) is 6.11. The molecule has 9 heteroatoms. The van der Waals surface area contributed by atoms with Crippen LogP contribution < -0.4 is 4.74 Å². The second kappa shape index (κ2) is 7.42. The molecule has 31 heavy (non-hydrogen) atoms. The molecule has 5 rings (SSSR count). The number of aromatic nitrogens is 3. The van der Waals surface area contributed by atoms with Crippen LogP contribution in [0.2, 0.25) is 0 Å². The van der Waals surface area contributed by atoms with Gasteiger partial charge in [0.25, 0.3) is 11.8 Å². The largest absolute Gasteiger partial charge is 0.494 e. The van der Waals surface area contributed by atoms with Crippen LogP contribution in [-0.2, 0) is 0 Å². The molecule has 0 saturated carbocycles. The first-order valence-electron chi connectivity index (χ1n) is 10.1. The number of nitrogens with zero attached hydrogens (tertiary/aromatic N) is 5. The van der Waals surface area contributed by atoms with Gasteiger partial charge < -0.3 is 14.2 Å². The van der Waals surface area contributed by atoms with Gasteiger partial charge in [-0.3, -0.25) is 14.7 Å². The molecule has 1 atom stereocenters. The molecule has 0 bridgehead atoms. The van der Waals surface area contributed by atoms with Crippen LogP contribution in [0.1, 0.15) is 28.6 Å². The van der Waals surface area contributed by atoms with Crippen molar-refractivity contribution in [2.45, 2.75) is 12.5 Å². The van der Waals surface area contributed by atoms with Crippen LogP contribution in [-0.4, -0.2) is 64.6 Å². The van der Waals surface area contributed by atoms with E-state index in [2.05, 4.69) is 20.0 Å². The van der Waals surface area contributed by atoms with Crippen LogP contribution in [0.4, 0.5) is 4.39 Å². The minimum atomic E-state index is -0.537. The Morgan fingerprint density at radius 1 is 1.26 bits per heavy atom. The summed E-state index contributed by atoms with van der Waals surface area (Å²) in [6.07, 6.45) is 2.51. The molecule has 1 amide bonds. The summed E-state index contributed by atoms with van der Waals surface area (Å²) < 4.78 is 24.3. The van der Waals surface area contributed by atoms with E-state index in [0.29, 0.717) is 36.1 Å². The molecule has 0 N–H and O–H groups in total. The molecule has 2 fully saturated rings. The topological polar surface area (TPSA) is 84.6 Å². The van der Waals surface area contributed by atoms with E-state index in [1.54, 1.807) is 17.2 Å². The SMILES string of the molecule is COc1ccc(C(=O)N2CC3(CC(c4noc(-c5ccccn5)n4)N(C)C3)C2)cc1F. The predicted molar refractivity (Wildman–Crippen MR) is 109 cm³/mol. The number of hydrogen-bond donors (Lipinski definition) is 0. The fraction of sp³-hybridized carbons (Fsp3) is 0.364. The molecular weight excluding hydrogens is 401 g/mol. The lowest BCUT2D eigenvalue weighted by Gasteiger charge is -2.48. The first-order valence-corrected chi connectivity index (χ1v) is 10.1. The van der Waals surface area contributed by atoms with Gasteiger partial charge in [-0.2, -0.15) is 4.98 Å². The zero-order valence-electron chi connectivity index (χ0n) is 17.3. The molecule has 2 aromatic heterocycles. The average molecular weight is 423 g/mol. The minimum Gasteiger partial charge on any atom is -0.494 e. The summed E-state index contributed by atoms with van der Waals surface area (Å²) in [7, 11) is 3.43. The number of carbonyl (C=O) groups excluding carboxylic acids is 1. The van der Waals surface area contributed by atoms with Gasteiger partial charge in [0.1, 0.15) is 5.69 Å². The van der Waals surface area contributed by atoms with E-state index in [9.17, 15) is 9.18 Å². The van der Waals surface area contributed by atoms with Gasteiger partial charge in [-0.05, 0) is 43.8 Å². The van der Waals surface area contributed by atoms with Gasteiger partial charge in [-0.15, -0.1) is 0 Å². The summed E-state index contributed by atoms with van der Waals surface area (Å²) in [4.78, 5) is 25.5. The Bertz CT molecular complexity index is 1110. The predicted octanol–water partition coefficient (Wildman–Crippen LogP) is 2.80. The number of likely N-dealkylation sites (tertiary alicyclic amines) is 2. The maximum Gasteiger partial charge on any atom is 0.276 e. The number of ether oxygens (including phenoxy) is 1. The molecule has 2 aliphatic heterocycles. The van der Waals surface area contributed by atoms with Gasteiger partial charge in [0.2, 0.25) is 0 Å². The van der Waals surface area contributed by atoms with Gasteiger partial charge in [0.05, 0.1) is 13.2 Å². The number of rotatable bonds is 4. The summed E-state index contributed by atoms with van der Waals surface area (Å²) in [5.74, 6) is 0.446. The van der Waals surface area contributed by atoms with E-state index in [4.69, 9.17) is 9.26 Å². The highest BCUT2D eigenvalue weighted by atomic mass is 19.1. The van der Waals surface area contributed by atoms with Crippen molar-refractivity contribution in [1.29, 1.82) is 0 Å². The normalized spacial score (nSPS) is 20.1. The number of halogens is 1. The number of methoxy groups -OCH3 is 1. The quantitative estimate of drug-likeness (QED) is 0.638. The molecule has 8 nitrogen and oxygen atoms in total. The van der Waals surface area contributed by atoms with Crippen LogP contribution >= 0.6 is 0 Å². The minimum absolute atomic E-state index is 0.0110. The third-order valence-corrected chi connectivity index (χ3v) is 6.11. The number of amides is 1. The summed E-state index contributed by atoms with van der Waals surface area (Å²) in [5, 5.41) is 4.17. The molecule has 1 unspecified atom stereocenters. The van der Waals surface area contributed by atoms with E-state index in [1.165, 1.54) is 19.2 Å². The Labute approximate surface area is 178 Å². The van der Waals surface area contributed by atoms with Crippen molar-refractivity contribution in [2.24, 2.45) is 5.41 Å². The van der Waals surface area contributed by atoms with Crippen molar-refractivity contribution in [3.63, 3.8) is 0 Å². The maximum absolute atomic E-state index is 14.0. The molecule has 4 heterocycles. The lowest BCUT2D eigenvalue weighted by Crippen LogP contribution is -2.59. The van der Waals surface area contributed by atoms with Gasteiger partial charge in [-0.1, -0.05) is 11.2 Å². The van der Waals surface area contributed by atoms with Gasteiger partial charge in [0, 0.05) is 36.8 Å². The van der Waals surface area contributed by atoms with Gasteiger partial charge in [-0.25, -0.2) is 4.39 Å². The molecule has 160 valence electrons. The molecule has 1 aromatic carbocycles. The summed E-state index contributed by atoms with van der Waals surface area (Å²) in [5.41, 5.74) is 0.948. The number of benzene rings is 1. The van der Waals surface area contributed by atoms with Gasteiger partial charge >= 0.3 is 0 Å². The Morgan fingerprint density at radius 2 is 2.10 bits per heavy atom. The van der Waals surface area contributed by atoms with Crippen LogP contribution in [0.5, 0.6) is 5.75 Å². The molecule has 3 aromatic rings. The van der Waals surface area contributed by atoms with Crippen molar-refractivity contribution in [3.8, 4) is 17.3 Å². The Balaban J connectivity index is 1.26. The number of pyridine rings is 1. The van der Waals surface area contributed by atoms with Crippen molar-refractivity contribution in [3.05, 3.63) is 59.8 Å². The van der Waals surface area contributed by atoms with Crippen LogP contribution in [0, 0.1) is 11.2 Å². The highest BCUT2D eigenvalue weighted by Crippen LogP contribution is 2.47. The second-order valence-corrected chi connectivity index (χ2v) is 8.32. The van der Waals surface area contributed by atoms with Crippen LogP contribution in [0.3, 0.4) is 0 Å². The van der Waals surface area contributed by atoms with E-state index >= 15 is 0 Å². The van der Waals surface area contributed by atoms with E-state index in [0.717, 1.165) is 13.0 Å². The Morgan fingerprint density at radius 3 is 2.81 bits per heavy atom. The standard InChI is InChI=1S/C22H22FN5O3/c1-27-11-22(10-17(27)19-25-20(31-26-19)16-5-3-4-8-24-16)12-28(13-22)21(29)14-6-7-18(30-2)15(23)9-14/h3-9,17H,10-13H2,1-2H3. The van der Waals surface area contributed by atoms with E-state index < -0.39 is 5.82 Å². The van der Waals surface area contributed by atoms with E-state index in [-0.39, 0.29) is 23.1 Å². The van der Waals surface area contributed by atoms with Crippen molar-refractivity contribution in [2.75, 3.05) is 33.8 Å². The molecule has 2 saturated heterocycles. The first kappa shape index (κ1) is 19.6. The van der Waals surface area contributed by atoms with Crippen molar-refractivity contribution >= 4 is 5.91 Å². The monoisotopic (exact) mass is 423 g/mol. The molecule has 2 aliphatic rings. The summed E-state index contributed by atoms with van der Waals surface area (Å²) in [6, 6.07) is 9.85. The molecule has 0 aliphatic carbocycles. The van der Waals surface area contributed by atoms with Crippen molar-refractivity contribution in [1.82, 2.24) is 24.9 Å². The second-order valence-electron chi connectivity index (χ2n) is 8.32. The van der Waals surface area contributed by atoms with Gasteiger partial charge in [0.15, 0.2) is 17.4 Å². The zero-order chi connectivity index (χ0) is 21.6. The maximum atomic E-state index is 14.0. The number of carbonyl (C=O) groups is 1. The van der Waals surface area contributed by atoms with Crippen LogP contribution in [0.15, 0.2) is 47.1 Å². The Hall–Kier alpha value is -3.33. The lowest BCUT2D eigenvalue weighted by atomic mass is 9.77. The fourth-order valence-corrected chi connectivity index (χ4v) is 4.64. The molecule has 1 spiro atoms. The highest BCUT2D eigenvalue weighted by molar-refractivity contribution is 5.95. The molecular formula is C22H22FN5O3.